The third-order valence-electron chi connectivity index (χ3n) is 5.19. The fraction of sp³-hybridized carbons (Fsp3) is 0.0385. The highest BCUT2D eigenvalue weighted by atomic mass is 35.5. The van der Waals surface area contributed by atoms with Gasteiger partial charge in [-0.1, -0.05) is 54.1 Å². The zero-order valence-electron chi connectivity index (χ0n) is 16.9. The van der Waals surface area contributed by atoms with Gasteiger partial charge in [-0.3, -0.25) is 4.40 Å². The topological polar surface area (TPSA) is 38.6 Å². The van der Waals surface area contributed by atoms with Crippen molar-refractivity contribution >= 4 is 28.8 Å². The summed E-state index contributed by atoms with van der Waals surface area (Å²) in [5.74, 6) is 1.68. The van der Waals surface area contributed by atoms with Crippen LogP contribution in [-0.4, -0.2) is 16.5 Å². The highest BCUT2D eigenvalue weighted by Crippen LogP contribution is 2.37. The second-order valence-electron chi connectivity index (χ2n) is 7.11. The Hall–Kier alpha value is -3.76. The van der Waals surface area contributed by atoms with E-state index in [1.165, 1.54) is 0 Å². The molecule has 0 aliphatic heterocycles. The van der Waals surface area contributed by atoms with E-state index in [9.17, 15) is 0 Å². The van der Waals surface area contributed by atoms with Crippen LogP contribution in [0.3, 0.4) is 0 Å². The Bertz CT molecular complexity index is 1340. The van der Waals surface area contributed by atoms with Gasteiger partial charge in [0.25, 0.3) is 0 Å². The van der Waals surface area contributed by atoms with Crippen molar-refractivity contribution in [3.8, 4) is 28.3 Å². The Balaban J connectivity index is 1.77. The molecule has 152 valence electrons. The molecule has 5 rings (SSSR count). The van der Waals surface area contributed by atoms with Crippen LogP contribution in [0.25, 0.3) is 28.2 Å². The number of aromatic nitrogens is 2. The molecular formula is C26H20ClN3O. The van der Waals surface area contributed by atoms with E-state index in [1.54, 1.807) is 7.11 Å². The number of fused-ring (bicyclic) bond motifs is 1. The number of benzene rings is 3. The van der Waals surface area contributed by atoms with E-state index in [0.29, 0.717) is 5.02 Å². The molecule has 0 amide bonds. The second-order valence-corrected chi connectivity index (χ2v) is 7.52. The Morgan fingerprint density at radius 3 is 2.29 bits per heavy atom. The Morgan fingerprint density at radius 1 is 0.806 bits per heavy atom. The largest absolute Gasteiger partial charge is 0.497 e. The van der Waals surface area contributed by atoms with Crippen LogP contribution in [-0.2, 0) is 0 Å². The molecule has 0 saturated carbocycles. The van der Waals surface area contributed by atoms with Gasteiger partial charge in [-0.15, -0.1) is 0 Å². The average Bonchev–Trinajstić information content (AvgIpc) is 3.18. The molecule has 2 aromatic heterocycles. The Morgan fingerprint density at radius 2 is 1.55 bits per heavy atom. The first-order chi connectivity index (χ1) is 15.2. The van der Waals surface area contributed by atoms with Crippen molar-refractivity contribution in [2.24, 2.45) is 0 Å². The van der Waals surface area contributed by atoms with E-state index in [2.05, 4.69) is 27.9 Å². The number of methoxy groups -OCH3 is 1. The quantitative estimate of drug-likeness (QED) is 0.327. The first kappa shape index (κ1) is 19.2. The summed E-state index contributed by atoms with van der Waals surface area (Å²) in [6, 6.07) is 32.0. The zero-order valence-corrected chi connectivity index (χ0v) is 17.7. The molecule has 0 fully saturated rings. The average molecular weight is 426 g/mol. The Kier molecular flexibility index (Phi) is 5.06. The molecule has 3 aromatic carbocycles. The molecule has 0 radical (unpaired) electrons. The highest BCUT2D eigenvalue weighted by Gasteiger charge is 2.19. The third-order valence-corrected chi connectivity index (χ3v) is 5.52. The zero-order chi connectivity index (χ0) is 21.2. The number of nitrogens with one attached hydrogen (secondary N) is 1. The fourth-order valence-corrected chi connectivity index (χ4v) is 3.92. The van der Waals surface area contributed by atoms with Crippen molar-refractivity contribution in [2.45, 2.75) is 0 Å². The van der Waals surface area contributed by atoms with Crippen molar-refractivity contribution < 1.29 is 4.74 Å². The fourth-order valence-electron chi connectivity index (χ4n) is 3.69. The smallest absolute Gasteiger partial charge is 0.143 e. The van der Waals surface area contributed by atoms with Crippen LogP contribution in [0, 0.1) is 0 Å². The molecule has 0 aliphatic rings. The molecular weight excluding hydrogens is 406 g/mol. The van der Waals surface area contributed by atoms with Gasteiger partial charge >= 0.3 is 0 Å². The monoisotopic (exact) mass is 425 g/mol. The molecule has 0 bridgehead atoms. The first-order valence-corrected chi connectivity index (χ1v) is 10.4. The van der Waals surface area contributed by atoms with Gasteiger partial charge in [0, 0.05) is 11.3 Å². The van der Waals surface area contributed by atoms with Crippen molar-refractivity contribution in [2.75, 3.05) is 12.4 Å². The maximum Gasteiger partial charge on any atom is 0.143 e. The minimum absolute atomic E-state index is 0.660. The van der Waals surface area contributed by atoms with Crippen molar-refractivity contribution in [1.82, 2.24) is 9.38 Å². The van der Waals surface area contributed by atoms with Crippen molar-refractivity contribution in [3.05, 3.63) is 102 Å². The number of halogens is 1. The summed E-state index contributed by atoms with van der Waals surface area (Å²) < 4.78 is 7.46. The lowest BCUT2D eigenvalue weighted by Gasteiger charge is -2.13. The number of nitrogens with zero attached hydrogens (tertiary/aromatic N) is 2. The minimum atomic E-state index is 0.660. The maximum absolute atomic E-state index is 6.56. The third kappa shape index (κ3) is 3.62. The van der Waals surface area contributed by atoms with Crippen LogP contribution in [0.4, 0.5) is 11.5 Å². The number of hydrogen-bond acceptors (Lipinski definition) is 3. The molecule has 1 N–H and O–H groups in total. The van der Waals surface area contributed by atoms with Gasteiger partial charge in [0.15, 0.2) is 0 Å². The number of rotatable bonds is 5. The molecule has 5 aromatic rings. The molecule has 2 heterocycles. The van der Waals surface area contributed by atoms with E-state index < -0.39 is 0 Å². The lowest BCUT2D eigenvalue weighted by Crippen LogP contribution is -2.00. The summed E-state index contributed by atoms with van der Waals surface area (Å²) in [4.78, 5) is 4.95. The van der Waals surface area contributed by atoms with Crippen LogP contribution in [0.15, 0.2) is 97.1 Å². The molecule has 0 spiro atoms. The van der Waals surface area contributed by atoms with Gasteiger partial charge in [-0.2, -0.15) is 0 Å². The standard InChI is InChI=1S/C26H20ClN3O/c1-31-20-16-14-18(15-17-20)23-12-7-13-24-29-25(21-10-5-6-11-22(21)27)26(30(23)24)28-19-8-3-2-4-9-19/h2-17,28H,1H3. The van der Waals surface area contributed by atoms with Crippen LogP contribution in [0.5, 0.6) is 5.75 Å². The van der Waals surface area contributed by atoms with Gasteiger partial charge in [-0.05, 0) is 60.2 Å². The van der Waals surface area contributed by atoms with Gasteiger partial charge < -0.3 is 10.1 Å². The van der Waals surface area contributed by atoms with E-state index in [4.69, 9.17) is 21.3 Å². The normalized spacial score (nSPS) is 10.9. The van der Waals surface area contributed by atoms with Crippen LogP contribution < -0.4 is 10.1 Å². The predicted molar refractivity (Wildman–Crippen MR) is 127 cm³/mol. The van der Waals surface area contributed by atoms with Gasteiger partial charge in [0.05, 0.1) is 17.8 Å². The second kappa shape index (κ2) is 8.17. The lowest BCUT2D eigenvalue weighted by molar-refractivity contribution is 0.415. The summed E-state index contributed by atoms with van der Waals surface area (Å²) in [7, 11) is 1.67. The van der Waals surface area contributed by atoms with E-state index in [0.717, 1.165) is 45.4 Å². The SMILES string of the molecule is COc1ccc(-c2cccc3nc(-c4ccccc4Cl)c(Nc4ccccc4)n23)cc1. The molecule has 31 heavy (non-hydrogen) atoms. The minimum Gasteiger partial charge on any atom is -0.497 e. The summed E-state index contributed by atoms with van der Waals surface area (Å²) in [5.41, 5.74) is 5.57. The summed E-state index contributed by atoms with van der Waals surface area (Å²) in [6.45, 7) is 0. The number of anilines is 2. The van der Waals surface area contributed by atoms with E-state index >= 15 is 0 Å². The van der Waals surface area contributed by atoms with Gasteiger partial charge in [0.1, 0.15) is 22.9 Å². The van der Waals surface area contributed by atoms with Crippen molar-refractivity contribution in [3.63, 3.8) is 0 Å². The summed E-state index contributed by atoms with van der Waals surface area (Å²) in [5, 5.41) is 4.23. The van der Waals surface area contributed by atoms with Crippen molar-refractivity contribution in [1.29, 1.82) is 0 Å². The van der Waals surface area contributed by atoms with Crippen LogP contribution in [0.1, 0.15) is 0 Å². The number of imidazole rings is 1. The molecule has 5 heteroatoms. The summed E-state index contributed by atoms with van der Waals surface area (Å²) >= 11 is 6.56. The maximum atomic E-state index is 6.56. The number of para-hydroxylation sites is 1. The number of pyridine rings is 1. The van der Waals surface area contributed by atoms with Crippen LogP contribution >= 0.6 is 11.6 Å². The van der Waals surface area contributed by atoms with E-state index in [1.807, 2.05) is 78.9 Å². The first-order valence-electron chi connectivity index (χ1n) is 9.97. The van der Waals surface area contributed by atoms with Crippen LogP contribution in [0.2, 0.25) is 5.02 Å². The molecule has 0 unspecified atom stereocenters. The van der Waals surface area contributed by atoms with Gasteiger partial charge in [0.2, 0.25) is 0 Å². The lowest BCUT2D eigenvalue weighted by atomic mass is 10.1. The molecule has 0 saturated heterocycles. The molecule has 0 aliphatic carbocycles. The predicted octanol–water partition coefficient (Wildman–Crippen LogP) is 7.07. The van der Waals surface area contributed by atoms with Gasteiger partial charge in [-0.25, -0.2) is 4.98 Å². The highest BCUT2D eigenvalue weighted by molar-refractivity contribution is 6.33. The number of ether oxygens (including phenoxy) is 1. The Labute approximate surface area is 185 Å². The molecule has 0 atom stereocenters. The summed E-state index contributed by atoms with van der Waals surface area (Å²) in [6.07, 6.45) is 0. The van der Waals surface area contributed by atoms with E-state index in [-0.39, 0.29) is 0 Å². The molecule has 4 nitrogen and oxygen atoms in total. The number of hydrogen-bond donors (Lipinski definition) is 1.